The van der Waals surface area contributed by atoms with Gasteiger partial charge in [0.1, 0.15) is 0 Å². The fourth-order valence-corrected chi connectivity index (χ4v) is 2.44. The van der Waals surface area contributed by atoms with Gasteiger partial charge in [-0.15, -0.1) is 0 Å². The van der Waals surface area contributed by atoms with Gasteiger partial charge in [0.15, 0.2) is 5.78 Å². The molecule has 0 bridgehead atoms. The molecule has 0 aliphatic heterocycles. The van der Waals surface area contributed by atoms with E-state index in [9.17, 15) is 4.79 Å². The maximum absolute atomic E-state index is 11.9. The Labute approximate surface area is 99.0 Å². The molecule has 0 amide bonds. The first-order valence-electron chi connectivity index (χ1n) is 5.46. The van der Waals surface area contributed by atoms with Gasteiger partial charge in [-0.25, -0.2) is 0 Å². The van der Waals surface area contributed by atoms with Crippen molar-refractivity contribution in [3.63, 3.8) is 0 Å². The minimum absolute atomic E-state index is 0.272. The number of Topliss-reactive ketones (excluding diaryl/α,β-unsaturated/α-hetero) is 1. The molecule has 1 aliphatic rings. The Morgan fingerprint density at radius 3 is 2.80 bits per heavy atom. The van der Waals surface area contributed by atoms with Gasteiger partial charge in [-0.2, -0.15) is 0 Å². The summed E-state index contributed by atoms with van der Waals surface area (Å²) in [5.41, 5.74) is 2.02. The standard InChI is InChI=1S/C13H15BrO/c1-9-2-6-11(12(14)8-9)13(15)7-5-10-3-4-10/h2,6,8,10H,3-5,7H2,1H3. The number of ketones is 1. The van der Waals surface area contributed by atoms with Crippen molar-refractivity contribution in [2.45, 2.75) is 32.6 Å². The highest BCUT2D eigenvalue weighted by atomic mass is 79.9. The monoisotopic (exact) mass is 266 g/mol. The minimum Gasteiger partial charge on any atom is -0.294 e. The fourth-order valence-electron chi connectivity index (χ4n) is 1.72. The van der Waals surface area contributed by atoms with E-state index < -0.39 is 0 Å². The lowest BCUT2D eigenvalue weighted by Crippen LogP contribution is -2.00. The molecule has 1 aliphatic carbocycles. The van der Waals surface area contributed by atoms with Gasteiger partial charge in [-0.3, -0.25) is 4.79 Å². The Hall–Kier alpha value is -0.630. The van der Waals surface area contributed by atoms with Crippen LogP contribution in [0.4, 0.5) is 0 Å². The van der Waals surface area contributed by atoms with E-state index >= 15 is 0 Å². The summed E-state index contributed by atoms with van der Waals surface area (Å²) < 4.78 is 0.934. The van der Waals surface area contributed by atoms with Crippen LogP contribution in [-0.4, -0.2) is 5.78 Å². The molecule has 0 N–H and O–H groups in total. The van der Waals surface area contributed by atoms with E-state index in [1.54, 1.807) is 0 Å². The van der Waals surface area contributed by atoms with E-state index in [1.165, 1.54) is 18.4 Å². The molecule has 1 aromatic rings. The van der Waals surface area contributed by atoms with Gasteiger partial charge < -0.3 is 0 Å². The number of hydrogen-bond donors (Lipinski definition) is 0. The summed E-state index contributed by atoms with van der Waals surface area (Å²) >= 11 is 3.45. The van der Waals surface area contributed by atoms with Crippen LogP contribution in [0.25, 0.3) is 0 Å². The molecular weight excluding hydrogens is 252 g/mol. The Kier molecular flexibility index (Phi) is 3.25. The maximum atomic E-state index is 11.9. The van der Waals surface area contributed by atoms with Crippen LogP contribution in [0.15, 0.2) is 22.7 Å². The number of aryl methyl sites for hydroxylation is 1. The number of benzene rings is 1. The van der Waals surface area contributed by atoms with Crippen LogP contribution in [0.2, 0.25) is 0 Å². The van der Waals surface area contributed by atoms with Crippen LogP contribution >= 0.6 is 15.9 Å². The van der Waals surface area contributed by atoms with Crippen molar-refractivity contribution in [3.05, 3.63) is 33.8 Å². The molecule has 1 aromatic carbocycles. The average Bonchev–Trinajstić information content (AvgIpc) is 2.97. The molecule has 15 heavy (non-hydrogen) atoms. The lowest BCUT2D eigenvalue weighted by molar-refractivity contribution is 0.0977. The van der Waals surface area contributed by atoms with Crippen LogP contribution in [0.5, 0.6) is 0 Å². The summed E-state index contributed by atoms with van der Waals surface area (Å²) in [6.07, 6.45) is 4.41. The quantitative estimate of drug-likeness (QED) is 0.749. The maximum Gasteiger partial charge on any atom is 0.164 e. The molecule has 80 valence electrons. The Bertz CT molecular complexity index is 380. The van der Waals surface area contributed by atoms with E-state index in [4.69, 9.17) is 0 Å². The number of rotatable bonds is 4. The van der Waals surface area contributed by atoms with Gasteiger partial charge >= 0.3 is 0 Å². The fraction of sp³-hybridized carbons (Fsp3) is 0.462. The summed E-state index contributed by atoms with van der Waals surface area (Å²) in [4.78, 5) is 11.9. The van der Waals surface area contributed by atoms with Gasteiger partial charge in [0, 0.05) is 16.5 Å². The minimum atomic E-state index is 0.272. The molecule has 0 heterocycles. The van der Waals surface area contributed by atoms with Crippen LogP contribution in [0, 0.1) is 12.8 Å². The molecule has 0 aromatic heterocycles. The summed E-state index contributed by atoms with van der Waals surface area (Å²) in [6.45, 7) is 2.03. The number of hydrogen-bond acceptors (Lipinski definition) is 1. The zero-order chi connectivity index (χ0) is 10.8. The predicted molar refractivity (Wildman–Crippen MR) is 65.2 cm³/mol. The van der Waals surface area contributed by atoms with Crippen molar-refractivity contribution < 1.29 is 4.79 Å². The van der Waals surface area contributed by atoms with Crippen LogP contribution < -0.4 is 0 Å². The van der Waals surface area contributed by atoms with E-state index in [0.29, 0.717) is 6.42 Å². The first-order valence-corrected chi connectivity index (χ1v) is 6.25. The van der Waals surface area contributed by atoms with Crippen LogP contribution in [-0.2, 0) is 0 Å². The van der Waals surface area contributed by atoms with E-state index in [-0.39, 0.29) is 5.78 Å². The molecule has 0 unspecified atom stereocenters. The average molecular weight is 267 g/mol. The third-order valence-corrected chi connectivity index (χ3v) is 3.56. The first kappa shape index (κ1) is 10.9. The van der Waals surface area contributed by atoms with Crippen molar-refractivity contribution in [1.29, 1.82) is 0 Å². The summed E-state index contributed by atoms with van der Waals surface area (Å²) in [5.74, 6) is 1.10. The first-order chi connectivity index (χ1) is 7.16. The Morgan fingerprint density at radius 2 is 2.20 bits per heavy atom. The number of halogens is 1. The van der Waals surface area contributed by atoms with E-state index in [2.05, 4.69) is 15.9 Å². The lowest BCUT2D eigenvalue weighted by Gasteiger charge is -2.04. The SMILES string of the molecule is Cc1ccc(C(=O)CCC2CC2)c(Br)c1. The van der Waals surface area contributed by atoms with Gasteiger partial charge in [0.05, 0.1) is 0 Å². The molecule has 2 heteroatoms. The van der Waals surface area contributed by atoms with Crippen LogP contribution in [0.3, 0.4) is 0 Å². The topological polar surface area (TPSA) is 17.1 Å². The van der Waals surface area contributed by atoms with Crippen molar-refractivity contribution in [2.24, 2.45) is 5.92 Å². The van der Waals surface area contributed by atoms with E-state index in [1.807, 2.05) is 25.1 Å². The van der Waals surface area contributed by atoms with Crippen molar-refractivity contribution >= 4 is 21.7 Å². The second-order valence-electron chi connectivity index (χ2n) is 4.39. The molecule has 0 spiro atoms. The molecule has 1 nitrogen and oxygen atoms in total. The normalized spacial score (nSPS) is 15.3. The van der Waals surface area contributed by atoms with Gasteiger partial charge in [-0.05, 0) is 30.9 Å². The molecule has 0 atom stereocenters. The Morgan fingerprint density at radius 1 is 1.47 bits per heavy atom. The highest BCUT2D eigenvalue weighted by Gasteiger charge is 2.22. The van der Waals surface area contributed by atoms with Crippen molar-refractivity contribution in [1.82, 2.24) is 0 Å². The summed E-state index contributed by atoms with van der Waals surface area (Å²) in [6, 6.07) is 5.92. The summed E-state index contributed by atoms with van der Waals surface area (Å²) in [5, 5.41) is 0. The smallest absolute Gasteiger partial charge is 0.164 e. The highest BCUT2D eigenvalue weighted by Crippen LogP contribution is 2.34. The third-order valence-electron chi connectivity index (χ3n) is 2.90. The molecular formula is C13H15BrO. The molecule has 1 fully saturated rings. The number of carbonyl (C=O) groups excluding carboxylic acids is 1. The largest absolute Gasteiger partial charge is 0.294 e. The van der Waals surface area contributed by atoms with Crippen LogP contribution in [0.1, 0.15) is 41.6 Å². The third kappa shape index (κ3) is 2.91. The molecule has 2 rings (SSSR count). The van der Waals surface area contributed by atoms with Gasteiger partial charge in [0.25, 0.3) is 0 Å². The lowest BCUT2D eigenvalue weighted by atomic mass is 10.0. The van der Waals surface area contributed by atoms with Crippen molar-refractivity contribution in [2.75, 3.05) is 0 Å². The second kappa shape index (κ2) is 4.48. The predicted octanol–water partition coefficient (Wildman–Crippen LogP) is 4.13. The molecule has 1 saturated carbocycles. The Balaban J connectivity index is 2.03. The van der Waals surface area contributed by atoms with Crippen molar-refractivity contribution in [3.8, 4) is 0 Å². The zero-order valence-corrected chi connectivity index (χ0v) is 10.5. The second-order valence-corrected chi connectivity index (χ2v) is 5.24. The highest BCUT2D eigenvalue weighted by molar-refractivity contribution is 9.10. The van der Waals surface area contributed by atoms with Gasteiger partial charge in [-0.1, -0.05) is 40.9 Å². The number of carbonyl (C=O) groups is 1. The van der Waals surface area contributed by atoms with E-state index in [0.717, 1.165) is 22.4 Å². The molecule has 0 radical (unpaired) electrons. The summed E-state index contributed by atoms with van der Waals surface area (Å²) in [7, 11) is 0. The van der Waals surface area contributed by atoms with Gasteiger partial charge in [0.2, 0.25) is 0 Å². The molecule has 0 saturated heterocycles. The zero-order valence-electron chi connectivity index (χ0n) is 8.92.